The van der Waals surface area contributed by atoms with Crippen LogP contribution in [0.5, 0.6) is 0 Å². The van der Waals surface area contributed by atoms with E-state index in [2.05, 4.69) is 5.32 Å². The van der Waals surface area contributed by atoms with Gasteiger partial charge in [-0.2, -0.15) is 0 Å². The Morgan fingerprint density at radius 2 is 1.86 bits per heavy atom. The molecular formula is C22H26Cl2N2O2S. The van der Waals surface area contributed by atoms with Gasteiger partial charge in [0.15, 0.2) is 0 Å². The van der Waals surface area contributed by atoms with Crippen LogP contribution in [0.15, 0.2) is 53.4 Å². The van der Waals surface area contributed by atoms with E-state index in [0.29, 0.717) is 28.8 Å². The minimum atomic E-state index is -0.595. The van der Waals surface area contributed by atoms with E-state index in [1.54, 1.807) is 41.8 Å². The molecule has 156 valence electrons. The van der Waals surface area contributed by atoms with Gasteiger partial charge in [-0.3, -0.25) is 9.59 Å². The molecule has 0 fully saturated rings. The standard InChI is InChI=1S/C22H26Cl2N2O2S/c1-3-12-25-22(28)16(2)26(15-17-9-10-18(23)14-20(17)24)21(27)11-13-29-19-7-5-4-6-8-19/h4-10,14,16H,3,11-13,15H2,1-2H3,(H,25,28)/t16-/m0/s1. The minimum absolute atomic E-state index is 0.0846. The van der Waals surface area contributed by atoms with E-state index in [9.17, 15) is 9.59 Å². The van der Waals surface area contributed by atoms with Gasteiger partial charge in [-0.15, -0.1) is 11.8 Å². The highest BCUT2D eigenvalue weighted by atomic mass is 35.5. The molecule has 0 aliphatic heterocycles. The molecule has 1 N–H and O–H groups in total. The van der Waals surface area contributed by atoms with Crippen LogP contribution < -0.4 is 5.32 Å². The van der Waals surface area contributed by atoms with Gasteiger partial charge in [0.1, 0.15) is 6.04 Å². The van der Waals surface area contributed by atoms with Gasteiger partial charge in [-0.05, 0) is 43.2 Å². The summed E-state index contributed by atoms with van der Waals surface area (Å²) in [6, 6.07) is 14.5. The molecule has 2 aromatic rings. The second kappa shape index (κ2) is 12.1. The SMILES string of the molecule is CCCNC(=O)[C@H](C)N(Cc1ccc(Cl)cc1Cl)C(=O)CCSc1ccccc1. The van der Waals surface area contributed by atoms with Crippen LogP contribution in [-0.2, 0) is 16.1 Å². The summed E-state index contributed by atoms with van der Waals surface area (Å²) in [4.78, 5) is 28.2. The maximum absolute atomic E-state index is 13.0. The summed E-state index contributed by atoms with van der Waals surface area (Å²) >= 11 is 13.9. The van der Waals surface area contributed by atoms with Crippen LogP contribution in [0, 0.1) is 0 Å². The molecule has 0 aliphatic rings. The topological polar surface area (TPSA) is 49.4 Å². The van der Waals surface area contributed by atoms with Crippen LogP contribution in [0.4, 0.5) is 0 Å². The van der Waals surface area contributed by atoms with E-state index < -0.39 is 6.04 Å². The Balaban J connectivity index is 2.09. The molecule has 0 saturated heterocycles. The first-order chi connectivity index (χ1) is 13.9. The van der Waals surface area contributed by atoms with Crippen molar-refractivity contribution in [2.24, 2.45) is 0 Å². The van der Waals surface area contributed by atoms with Crippen LogP contribution in [0.2, 0.25) is 10.0 Å². The summed E-state index contributed by atoms with van der Waals surface area (Å²) in [5.41, 5.74) is 0.760. The number of benzene rings is 2. The zero-order valence-corrected chi connectivity index (χ0v) is 19.0. The molecule has 2 rings (SSSR count). The summed E-state index contributed by atoms with van der Waals surface area (Å²) < 4.78 is 0. The molecule has 7 heteroatoms. The van der Waals surface area contributed by atoms with Crippen molar-refractivity contribution in [2.45, 2.75) is 44.2 Å². The highest BCUT2D eigenvalue weighted by Crippen LogP contribution is 2.24. The van der Waals surface area contributed by atoms with Gasteiger partial charge in [0.2, 0.25) is 11.8 Å². The first kappa shape index (κ1) is 23.6. The minimum Gasteiger partial charge on any atom is -0.354 e. The van der Waals surface area contributed by atoms with Crippen LogP contribution in [0.25, 0.3) is 0 Å². The van der Waals surface area contributed by atoms with E-state index in [1.165, 1.54) is 0 Å². The van der Waals surface area contributed by atoms with E-state index in [0.717, 1.165) is 16.9 Å². The lowest BCUT2D eigenvalue weighted by Gasteiger charge is -2.29. The average Bonchev–Trinajstić information content (AvgIpc) is 2.71. The Morgan fingerprint density at radius 1 is 1.14 bits per heavy atom. The van der Waals surface area contributed by atoms with Crippen molar-refractivity contribution in [3.63, 3.8) is 0 Å². The molecule has 4 nitrogen and oxygen atoms in total. The predicted octanol–water partition coefficient (Wildman–Crippen LogP) is 5.42. The van der Waals surface area contributed by atoms with Crippen molar-refractivity contribution in [1.29, 1.82) is 0 Å². The molecule has 1 atom stereocenters. The van der Waals surface area contributed by atoms with Crippen molar-refractivity contribution in [3.8, 4) is 0 Å². The Labute approximate surface area is 187 Å². The molecule has 0 radical (unpaired) electrons. The highest BCUT2D eigenvalue weighted by Gasteiger charge is 2.26. The van der Waals surface area contributed by atoms with Crippen LogP contribution in [0.1, 0.15) is 32.3 Å². The Morgan fingerprint density at radius 3 is 2.52 bits per heavy atom. The summed E-state index contributed by atoms with van der Waals surface area (Å²) in [6.45, 7) is 4.57. The molecule has 0 aromatic heterocycles. The fourth-order valence-electron chi connectivity index (χ4n) is 2.73. The molecule has 29 heavy (non-hydrogen) atoms. The highest BCUT2D eigenvalue weighted by molar-refractivity contribution is 7.99. The Hall–Kier alpha value is -1.69. The molecule has 0 heterocycles. The number of amides is 2. The largest absolute Gasteiger partial charge is 0.354 e. The zero-order valence-electron chi connectivity index (χ0n) is 16.7. The van der Waals surface area contributed by atoms with Crippen molar-refractivity contribution >= 4 is 46.8 Å². The number of hydrogen-bond donors (Lipinski definition) is 1. The van der Waals surface area contributed by atoms with Gasteiger partial charge in [-0.25, -0.2) is 0 Å². The number of carbonyl (C=O) groups excluding carboxylic acids is 2. The third-order valence-electron chi connectivity index (χ3n) is 4.40. The van der Waals surface area contributed by atoms with Crippen LogP contribution in [0.3, 0.4) is 0 Å². The van der Waals surface area contributed by atoms with Crippen molar-refractivity contribution in [1.82, 2.24) is 10.2 Å². The second-order valence-corrected chi connectivity index (χ2v) is 8.65. The maximum Gasteiger partial charge on any atom is 0.242 e. The van der Waals surface area contributed by atoms with Gasteiger partial charge in [0, 0.05) is 40.2 Å². The van der Waals surface area contributed by atoms with Crippen molar-refractivity contribution in [2.75, 3.05) is 12.3 Å². The van der Waals surface area contributed by atoms with Crippen molar-refractivity contribution < 1.29 is 9.59 Å². The molecule has 2 amide bonds. The first-order valence-electron chi connectivity index (χ1n) is 9.61. The fourth-order valence-corrected chi connectivity index (χ4v) is 4.06. The predicted molar refractivity (Wildman–Crippen MR) is 122 cm³/mol. The maximum atomic E-state index is 13.0. The number of nitrogens with one attached hydrogen (secondary N) is 1. The summed E-state index contributed by atoms with van der Waals surface area (Å²) in [5.74, 6) is 0.386. The Kier molecular flexibility index (Phi) is 9.85. The van der Waals surface area contributed by atoms with Gasteiger partial charge >= 0.3 is 0 Å². The third-order valence-corrected chi connectivity index (χ3v) is 6.00. The van der Waals surface area contributed by atoms with Gasteiger partial charge < -0.3 is 10.2 Å². The molecule has 0 bridgehead atoms. The lowest BCUT2D eigenvalue weighted by atomic mass is 10.1. The molecule has 0 unspecified atom stereocenters. The summed E-state index contributed by atoms with van der Waals surface area (Å²) in [7, 11) is 0. The molecule has 0 spiro atoms. The van der Waals surface area contributed by atoms with Gasteiger partial charge in [-0.1, -0.05) is 54.4 Å². The van der Waals surface area contributed by atoms with Gasteiger partial charge in [0.25, 0.3) is 0 Å². The van der Waals surface area contributed by atoms with Crippen LogP contribution in [-0.4, -0.2) is 35.1 Å². The number of halogens is 2. The molecule has 0 saturated carbocycles. The van der Waals surface area contributed by atoms with Crippen molar-refractivity contribution in [3.05, 3.63) is 64.1 Å². The van der Waals surface area contributed by atoms with Gasteiger partial charge in [0.05, 0.1) is 0 Å². The van der Waals surface area contributed by atoms with E-state index in [1.807, 2.05) is 37.3 Å². The fraction of sp³-hybridized carbons (Fsp3) is 0.364. The van der Waals surface area contributed by atoms with E-state index in [4.69, 9.17) is 23.2 Å². The zero-order chi connectivity index (χ0) is 21.2. The number of hydrogen-bond acceptors (Lipinski definition) is 3. The van der Waals surface area contributed by atoms with E-state index in [-0.39, 0.29) is 18.4 Å². The number of rotatable bonds is 10. The average molecular weight is 453 g/mol. The first-order valence-corrected chi connectivity index (χ1v) is 11.4. The lowest BCUT2D eigenvalue weighted by molar-refractivity contribution is -0.140. The van der Waals surface area contributed by atoms with Crippen LogP contribution >= 0.6 is 35.0 Å². The van der Waals surface area contributed by atoms with E-state index >= 15 is 0 Å². The third kappa shape index (κ3) is 7.57. The molecular weight excluding hydrogens is 427 g/mol. The number of thioether (sulfide) groups is 1. The number of nitrogens with zero attached hydrogens (tertiary/aromatic N) is 1. The lowest BCUT2D eigenvalue weighted by Crippen LogP contribution is -2.47. The molecule has 0 aliphatic carbocycles. The summed E-state index contributed by atoms with van der Waals surface area (Å²) in [5, 5.41) is 3.88. The Bertz CT molecular complexity index is 818. The monoisotopic (exact) mass is 452 g/mol. The smallest absolute Gasteiger partial charge is 0.242 e. The quantitative estimate of drug-likeness (QED) is 0.489. The molecule has 2 aromatic carbocycles. The number of carbonyl (C=O) groups is 2. The normalized spacial score (nSPS) is 11.7. The summed E-state index contributed by atoms with van der Waals surface area (Å²) in [6.07, 6.45) is 1.17. The second-order valence-electron chi connectivity index (χ2n) is 6.64.